The van der Waals surface area contributed by atoms with Crippen LogP contribution in [0.4, 0.5) is 0 Å². The van der Waals surface area contributed by atoms with Crippen LogP contribution in [0.5, 0.6) is 0 Å². The van der Waals surface area contributed by atoms with Crippen molar-refractivity contribution in [3.63, 3.8) is 0 Å². The van der Waals surface area contributed by atoms with Gasteiger partial charge in [0, 0.05) is 20.4 Å². The molecule has 0 aromatic heterocycles. The molecule has 0 unspecified atom stereocenters. The Morgan fingerprint density at radius 3 is 0.905 bits per heavy atom. The molecule has 0 heterocycles. The molecule has 3 aliphatic rings. The molecule has 3 fully saturated rings. The molecule has 0 aromatic rings. The molecule has 3 rings (SSSR count). The Labute approximate surface area is 149 Å². The molecule has 0 bridgehead atoms. The van der Waals surface area contributed by atoms with Gasteiger partial charge in [-0.05, 0) is 55.5 Å². The van der Waals surface area contributed by atoms with Crippen molar-refractivity contribution < 1.29 is 20.4 Å². The number of rotatable bonds is 3. The van der Waals surface area contributed by atoms with Crippen molar-refractivity contribution in [2.75, 3.05) is 0 Å². The number of hydrogen-bond acceptors (Lipinski definition) is 0. The summed E-state index contributed by atoms with van der Waals surface area (Å²) in [6.07, 6.45) is 23.6. The Kier molecular flexibility index (Phi) is 10.3. The Morgan fingerprint density at radius 1 is 0.429 bits per heavy atom. The molecule has 0 N–H and O–H groups in total. The van der Waals surface area contributed by atoms with E-state index in [9.17, 15) is 0 Å². The van der Waals surface area contributed by atoms with Crippen LogP contribution in [0.1, 0.15) is 96.3 Å². The van der Waals surface area contributed by atoms with Crippen LogP contribution in [0.25, 0.3) is 0 Å². The Bertz CT molecular complexity index is 207. The van der Waals surface area contributed by atoms with Crippen molar-refractivity contribution in [1.82, 2.24) is 0 Å². The molecule has 0 nitrogen and oxygen atoms in total. The summed E-state index contributed by atoms with van der Waals surface area (Å²) in [5.41, 5.74) is 3.57. The van der Waals surface area contributed by atoms with E-state index in [4.69, 9.17) is 0 Å². The molecule has 128 valence electrons. The maximum Gasteiger partial charge on any atom is 0 e. The Balaban J connectivity index is 0.00000110. The minimum atomic E-state index is 0. The molecular formula is C19H36PPd-. The maximum atomic E-state index is 1.61. The van der Waals surface area contributed by atoms with Crippen molar-refractivity contribution in [3.05, 3.63) is 7.43 Å². The third kappa shape index (κ3) is 5.59. The molecule has 21 heavy (non-hydrogen) atoms. The topological polar surface area (TPSA) is 0 Å². The van der Waals surface area contributed by atoms with Crippen molar-refractivity contribution >= 4 is 7.92 Å². The van der Waals surface area contributed by atoms with Crippen LogP contribution in [0.2, 0.25) is 0 Å². The van der Waals surface area contributed by atoms with Gasteiger partial charge in [-0.1, -0.05) is 65.7 Å². The van der Waals surface area contributed by atoms with E-state index in [1.165, 1.54) is 36.2 Å². The largest absolute Gasteiger partial charge is 0.358 e. The zero-order valence-electron chi connectivity index (χ0n) is 14.1. The molecule has 3 saturated carbocycles. The second kappa shape index (κ2) is 10.8. The molecule has 0 saturated heterocycles. The van der Waals surface area contributed by atoms with Crippen molar-refractivity contribution in [2.24, 2.45) is 0 Å². The summed E-state index contributed by atoms with van der Waals surface area (Å²) >= 11 is 0. The van der Waals surface area contributed by atoms with Gasteiger partial charge in [0.05, 0.1) is 0 Å². The third-order valence-electron chi connectivity index (χ3n) is 5.99. The monoisotopic (exact) mass is 401 g/mol. The average Bonchev–Trinajstić information content (AvgIpc) is 2.51. The normalized spacial score (nSPS) is 26.1. The van der Waals surface area contributed by atoms with Crippen LogP contribution in [-0.4, -0.2) is 17.0 Å². The predicted octanol–water partition coefficient (Wildman–Crippen LogP) is 6.91. The summed E-state index contributed by atoms with van der Waals surface area (Å²) in [6, 6.07) is 0. The van der Waals surface area contributed by atoms with Gasteiger partial charge in [-0.2, -0.15) is 0 Å². The fourth-order valence-electron chi connectivity index (χ4n) is 5.03. The van der Waals surface area contributed by atoms with Gasteiger partial charge in [0.2, 0.25) is 0 Å². The summed E-state index contributed by atoms with van der Waals surface area (Å²) in [4.78, 5) is 0. The van der Waals surface area contributed by atoms with E-state index in [1.807, 2.05) is 0 Å². The van der Waals surface area contributed by atoms with E-state index >= 15 is 0 Å². The fraction of sp³-hybridized carbons (Fsp3) is 0.947. The van der Waals surface area contributed by atoms with Gasteiger partial charge in [-0.15, -0.1) is 0 Å². The summed E-state index contributed by atoms with van der Waals surface area (Å²) in [5, 5.41) is 0. The van der Waals surface area contributed by atoms with Crippen molar-refractivity contribution in [1.29, 1.82) is 0 Å². The molecule has 0 spiro atoms. The average molecular weight is 402 g/mol. The standard InChI is InChI=1S/C18H33P.CH3.Pd/c1-4-10-16(11-5-1)19(17-12-6-2-7-13-17)18-14-8-3-9-15-18;;/h16-18H,1-15H2;1H3;/q;-1;. The number of hydrogen-bond donors (Lipinski definition) is 0. The molecule has 0 amide bonds. The first-order valence-electron chi connectivity index (χ1n) is 9.22. The van der Waals surface area contributed by atoms with E-state index in [0.717, 1.165) is 0 Å². The second-order valence-electron chi connectivity index (χ2n) is 7.32. The van der Waals surface area contributed by atoms with Crippen molar-refractivity contribution in [3.8, 4) is 0 Å². The SMILES string of the molecule is C1CCC(P(C2CCCCC2)C2CCCCC2)CC1.[CH3-].[Pd]. The van der Waals surface area contributed by atoms with Crippen LogP contribution >= 0.6 is 7.92 Å². The van der Waals surface area contributed by atoms with Gasteiger partial charge >= 0.3 is 0 Å². The fourth-order valence-corrected chi connectivity index (χ4v) is 9.71. The smallest absolute Gasteiger partial charge is 0 e. The van der Waals surface area contributed by atoms with E-state index < -0.39 is 0 Å². The van der Waals surface area contributed by atoms with E-state index in [1.54, 1.807) is 77.0 Å². The Hall–Kier alpha value is 1.09. The van der Waals surface area contributed by atoms with Gasteiger partial charge in [-0.3, -0.25) is 0 Å². The van der Waals surface area contributed by atoms with Gasteiger partial charge in [0.25, 0.3) is 0 Å². The minimum absolute atomic E-state index is 0. The summed E-state index contributed by atoms with van der Waals surface area (Å²) in [5.74, 6) is 0. The Morgan fingerprint density at radius 2 is 0.667 bits per heavy atom. The third-order valence-corrected chi connectivity index (χ3v) is 10.1. The first-order valence-corrected chi connectivity index (χ1v) is 10.8. The van der Waals surface area contributed by atoms with E-state index in [2.05, 4.69) is 0 Å². The molecule has 0 radical (unpaired) electrons. The first kappa shape index (κ1) is 20.1. The molecule has 0 aromatic carbocycles. The summed E-state index contributed by atoms with van der Waals surface area (Å²) < 4.78 is 0. The van der Waals surface area contributed by atoms with Crippen LogP contribution < -0.4 is 0 Å². The molecule has 0 atom stereocenters. The molecular weight excluding hydrogens is 366 g/mol. The maximum absolute atomic E-state index is 1.61. The minimum Gasteiger partial charge on any atom is -0.358 e. The van der Waals surface area contributed by atoms with Gasteiger partial charge < -0.3 is 7.43 Å². The molecule has 0 aliphatic heterocycles. The van der Waals surface area contributed by atoms with Crippen LogP contribution in [-0.2, 0) is 20.4 Å². The molecule has 2 heteroatoms. The zero-order chi connectivity index (χ0) is 12.9. The van der Waals surface area contributed by atoms with E-state index in [0.29, 0.717) is 7.92 Å². The summed E-state index contributed by atoms with van der Waals surface area (Å²) in [6.45, 7) is 0. The van der Waals surface area contributed by atoms with Crippen LogP contribution in [0, 0.1) is 7.43 Å². The van der Waals surface area contributed by atoms with Crippen LogP contribution in [0.15, 0.2) is 0 Å². The van der Waals surface area contributed by atoms with Crippen molar-refractivity contribution in [2.45, 2.75) is 113 Å². The quantitative estimate of drug-likeness (QED) is 0.273. The van der Waals surface area contributed by atoms with E-state index in [-0.39, 0.29) is 27.8 Å². The summed E-state index contributed by atoms with van der Waals surface area (Å²) in [7, 11) is 0.385. The van der Waals surface area contributed by atoms with Gasteiger partial charge in [0.15, 0.2) is 0 Å². The second-order valence-corrected chi connectivity index (χ2v) is 10.4. The van der Waals surface area contributed by atoms with Gasteiger partial charge in [-0.25, -0.2) is 0 Å². The first-order chi connectivity index (χ1) is 9.45. The molecule has 3 aliphatic carbocycles. The predicted molar refractivity (Wildman–Crippen MR) is 94.0 cm³/mol. The van der Waals surface area contributed by atoms with Crippen LogP contribution in [0.3, 0.4) is 0 Å². The van der Waals surface area contributed by atoms with Gasteiger partial charge in [0.1, 0.15) is 0 Å². The zero-order valence-corrected chi connectivity index (χ0v) is 16.6.